The van der Waals surface area contributed by atoms with Crippen LogP contribution in [0.15, 0.2) is 29.3 Å². The monoisotopic (exact) mass is 263 g/mol. The average molecular weight is 263 g/mol. The highest BCUT2D eigenvalue weighted by atomic mass is 16.5. The van der Waals surface area contributed by atoms with Gasteiger partial charge in [0.2, 0.25) is 5.96 Å². The molecule has 1 aliphatic heterocycles. The van der Waals surface area contributed by atoms with Crippen molar-refractivity contribution in [3.63, 3.8) is 0 Å². The SMILES string of the molecule is CCOc1ccc(C2CNC(NC(=O)OC)=N2)cc1. The number of alkyl carbamates (subject to hydrolysis) is 1. The minimum absolute atomic E-state index is 0.0113. The lowest BCUT2D eigenvalue weighted by atomic mass is 10.1. The number of aliphatic imine (C=N–C) groups is 1. The summed E-state index contributed by atoms with van der Waals surface area (Å²) in [6.45, 7) is 3.24. The number of nitrogens with one attached hydrogen (secondary N) is 2. The van der Waals surface area contributed by atoms with Crippen molar-refractivity contribution in [2.75, 3.05) is 20.3 Å². The Morgan fingerprint density at radius 3 is 2.84 bits per heavy atom. The van der Waals surface area contributed by atoms with Gasteiger partial charge in [0.25, 0.3) is 0 Å². The minimum atomic E-state index is -0.529. The first-order valence-electron chi connectivity index (χ1n) is 6.12. The molecule has 1 aromatic carbocycles. The van der Waals surface area contributed by atoms with Gasteiger partial charge in [-0.1, -0.05) is 12.1 Å². The molecule has 1 aromatic rings. The molecule has 0 fully saturated rings. The van der Waals surface area contributed by atoms with Crippen LogP contribution in [-0.2, 0) is 4.74 Å². The number of benzene rings is 1. The summed E-state index contributed by atoms with van der Waals surface area (Å²) >= 11 is 0. The summed E-state index contributed by atoms with van der Waals surface area (Å²) in [5.74, 6) is 1.28. The molecule has 1 heterocycles. The maximum atomic E-state index is 11.1. The zero-order valence-electron chi connectivity index (χ0n) is 11.0. The summed E-state index contributed by atoms with van der Waals surface area (Å²) < 4.78 is 9.90. The van der Waals surface area contributed by atoms with Crippen molar-refractivity contribution >= 4 is 12.1 Å². The summed E-state index contributed by atoms with van der Waals surface area (Å²) in [5.41, 5.74) is 1.07. The van der Waals surface area contributed by atoms with Gasteiger partial charge in [-0.25, -0.2) is 9.79 Å². The van der Waals surface area contributed by atoms with Crippen molar-refractivity contribution in [2.24, 2.45) is 4.99 Å². The number of hydrogen-bond donors (Lipinski definition) is 2. The summed E-state index contributed by atoms with van der Waals surface area (Å²) in [5, 5.41) is 5.53. The molecule has 6 heteroatoms. The third kappa shape index (κ3) is 3.37. The highest BCUT2D eigenvalue weighted by molar-refractivity contribution is 5.94. The van der Waals surface area contributed by atoms with Crippen LogP contribution in [-0.4, -0.2) is 32.3 Å². The van der Waals surface area contributed by atoms with Crippen molar-refractivity contribution in [3.05, 3.63) is 29.8 Å². The summed E-state index contributed by atoms with van der Waals surface area (Å²) in [4.78, 5) is 15.4. The van der Waals surface area contributed by atoms with Crippen LogP contribution in [0.25, 0.3) is 0 Å². The number of ether oxygens (including phenoxy) is 2. The second kappa shape index (κ2) is 6.08. The number of rotatable bonds is 3. The molecule has 0 aromatic heterocycles. The maximum absolute atomic E-state index is 11.1. The van der Waals surface area contributed by atoms with E-state index in [0.29, 0.717) is 19.1 Å². The maximum Gasteiger partial charge on any atom is 0.413 e. The first-order chi connectivity index (χ1) is 9.22. The Kier molecular flexibility index (Phi) is 4.22. The Hall–Kier alpha value is -2.24. The molecule has 1 amide bonds. The first kappa shape index (κ1) is 13.2. The number of amides is 1. The fraction of sp³-hybridized carbons (Fsp3) is 0.385. The molecule has 6 nitrogen and oxygen atoms in total. The Balaban J connectivity index is 2.01. The average Bonchev–Trinajstić information content (AvgIpc) is 2.88. The molecule has 0 aliphatic carbocycles. The van der Waals surface area contributed by atoms with E-state index in [-0.39, 0.29) is 6.04 Å². The van der Waals surface area contributed by atoms with Crippen LogP contribution in [0.1, 0.15) is 18.5 Å². The number of carbonyl (C=O) groups excluding carboxylic acids is 1. The van der Waals surface area contributed by atoms with Crippen LogP contribution in [0.5, 0.6) is 5.75 Å². The molecule has 102 valence electrons. The van der Waals surface area contributed by atoms with E-state index in [9.17, 15) is 4.79 Å². The zero-order chi connectivity index (χ0) is 13.7. The van der Waals surface area contributed by atoms with Gasteiger partial charge in [-0.05, 0) is 24.6 Å². The van der Waals surface area contributed by atoms with Crippen LogP contribution < -0.4 is 15.4 Å². The van der Waals surface area contributed by atoms with Gasteiger partial charge < -0.3 is 14.8 Å². The van der Waals surface area contributed by atoms with Gasteiger partial charge in [0.15, 0.2) is 0 Å². The summed E-state index contributed by atoms with van der Waals surface area (Å²) in [6.07, 6.45) is -0.529. The van der Waals surface area contributed by atoms with Gasteiger partial charge >= 0.3 is 6.09 Å². The molecular formula is C13H17N3O3. The van der Waals surface area contributed by atoms with E-state index in [1.54, 1.807) is 0 Å². The van der Waals surface area contributed by atoms with Gasteiger partial charge in [0.1, 0.15) is 5.75 Å². The number of carbonyl (C=O) groups is 1. The van der Waals surface area contributed by atoms with Crippen LogP contribution in [0.2, 0.25) is 0 Å². The molecule has 0 radical (unpaired) electrons. The molecule has 2 rings (SSSR count). The lowest BCUT2D eigenvalue weighted by Gasteiger charge is -2.07. The van der Waals surface area contributed by atoms with Gasteiger partial charge in [0.05, 0.1) is 19.8 Å². The van der Waals surface area contributed by atoms with Crippen molar-refractivity contribution < 1.29 is 14.3 Å². The van der Waals surface area contributed by atoms with Crippen molar-refractivity contribution in [1.29, 1.82) is 0 Å². The second-order valence-electron chi connectivity index (χ2n) is 3.99. The van der Waals surface area contributed by atoms with Crippen LogP contribution >= 0.6 is 0 Å². The Morgan fingerprint density at radius 1 is 1.47 bits per heavy atom. The molecule has 1 atom stereocenters. The van der Waals surface area contributed by atoms with Crippen molar-refractivity contribution in [3.8, 4) is 5.75 Å². The molecule has 1 aliphatic rings. The zero-order valence-corrected chi connectivity index (χ0v) is 11.0. The van der Waals surface area contributed by atoms with E-state index in [1.807, 2.05) is 31.2 Å². The molecule has 1 unspecified atom stereocenters. The number of nitrogens with zero attached hydrogens (tertiary/aromatic N) is 1. The van der Waals surface area contributed by atoms with Crippen LogP contribution in [0.4, 0.5) is 4.79 Å². The molecule has 0 saturated carbocycles. The van der Waals surface area contributed by atoms with Gasteiger partial charge in [-0.15, -0.1) is 0 Å². The quantitative estimate of drug-likeness (QED) is 0.865. The van der Waals surface area contributed by atoms with Crippen molar-refractivity contribution in [2.45, 2.75) is 13.0 Å². The van der Waals surface area contributed by atoms with Gasteiger partial charge in [0, 0.05) is 6.54 Å². The largest absolute Gasteiger partial charge is 0.494 e. The third-order valence-corrected chi connectivity index (χ3v) is 2.73. The van der Waals surface area contributed by atoms with Crippen molar-refractivity contribution in [1.82, 2.24) is 10.6 Å². The standard InChI is InChI=1S/C13H17N3O3/c1-3-19-10-6-4-9(5-7-10)11-8-14-12(15-11)16-13(17)18-2/h4-7,11H,3,8H2,1-2H3,(H2,14,15,16,17). The molecular weight excluding hydrogens is 246 g/mol. The molecule has 0 bridgehead atoms. The third-order valence-electron chi connectivity index (χ3n) is 2.73. The summed E-state index contributed by atoms with van der Waals surface area (Å²) in [7, 11) is 1.31. The predicted molar refractivity (Wildman–Crippen MR) is 71.3 cm³/mol. The summed E-state index contributed by atoms with van der Waals surface area (Å²) in [6, 6.07) is 7.77. The van der Waals surface area contributed by atoms with E-state index in [1.165, 1.54) is 7.11 Å². The highest BCUT2D eigenvalue weighted by Gasteiger charge is 2.19. The second-order valence-corrected chi connectivity index (χ2v) is 3.99. The Bertz CT molecular complexity index is 471. The first-order valence-corrected chi connectivity index (χ1v) is 6.12. The Morgan fingerprint density at radius 2 is 2.21 bits per heavy atom. The van der Waals surface area contributed by atoms with E-state index >= 15 is 0 Å². The molecule has 19 heavy (non-hydrogen) atoms. The molecule has 2 N–H and O–H groups in total. The smallest absolute Gasteiger partial charge is 0.413 e. The predicted octanol–water partition coefficient (Wildman–Crippen LogP) is 1.44. The fourth-order valence-electron chi connectivity index (χ4n) is 1.81. The van der Waals surface area contributed by atoms with Gasteiger partial charge in [-0.2, -0.15) is 0 Å². The van der Waals surface area contributed by atoms with Gasteiger partial charge in [-0.3, -0.25) is 5.32 Å². The topological polar surface area (TPSA) is 72.0 Å². The van der Waals surface area contributed by atoms with E-state index in [4.69, 9.17) is 4.74 Å². The Labute approximate surface area is 111 Å². The lowest BCUT2D eigenvalue weighted by Crippen LogP contribution is -2.37. The lowest BCUT2D eigenvalue weighted by molar-refractivity contribution is 0.176. The van der Waals surface area contributed by atoms with Crippen LogP contribution in [0, 0.1) is 0 Å². The highest BCUT2D eigenvalue weighted by Crippen LogP contribution is 2.22. The van der Waals surface area contributed by atoms with E-state index < -0.39 is 6.09 Å². The number of guanidine groups is 1. The van der Waals surface area contributed by atoms with Crippen LogP contribution in [0.3, 0.4) is 0 Å². The van der Waals surface area contributed by atoms with E-state index in [0.717, 1.165) is 11.3 Å². The normalized spacial score (nSPS) is 17.4. The van der Waals surface area contributed by atoms with E-state index in [2.05, 4.69) is 20.4 Å². The fourth-order valence-corrected chi connectivity index (χ4v) is 1.81. The molecule has 0 spiro atoms. The number of hydrogen-bond acceptors (Lipinski definition) is 5. The number of methoxy groups -OCH3 is 1. The minimum Gasteiger partial charge on any atom is -0.494 e. The molecule has 0 saturated heterocycles.